The number of carbonyl (C=O) groups excluding carboxylic acids is 1. The summed E-state index contributed by atoms with van der Waals surface area (Å²) < 4.78 is 1.18. The Morgan fingerprint density at radius 3 is 2.61 bits per heavy atom. The van der Waals surface area contributed by atoms with E-state index in [9.17, 15) is 4.79 Å². The molecule has 1 fully saturated rings. The van der Waals surface area contributed by atoms with Crippen LogP contribution in [0, 0.1) is 5.41 Å². The maximum Gasteiger partial charge on any atom is 0.231 e. The Balaban J connectivity index is 2.11. The van der Waals surface area contributed by atoms with Crippen LogP contribution < -0.4 is 5.32 Å². The topological polar surface area (TPSA) is 54.9 Å². The minimum absolute atomic E-state index is 0.0412. The lowest BCUT2D eigenvalue weighted by Crippen LogP contribution is -2.35. The smallest absolute Gasteiger partial charge is 0.231 e. The molecule has 98 valence electrons. The van der Waals surface area contributed by atoms with Crippen LogP contribution >= 0.6 is 31.9 Å². The van der Waals surface area contributed by atoms with Gasteiger partial charge in [0.15, 0.2) is 5.82 Å². The van der Waals surface area contributed by atoms with Crippen molar-refractivity contribution in [1.29, 1.82) is 0 Å². The minimum atomic E-state index is -0.271. The molecule has 4 nitrogen and oxygen atoms in total. The van der Waals surface area contributed by atoms with Crippen molar-refractivity contribution in [1.82, 2.24) is 9.97 Å². The van der Waals surface area contributed by atoms with E-state index in [1.165, 1.54) is 6.42 Å². The molecule has 1 amide bonds. The van der Waals surface area contributed by atoms with Gasteiger partial charge in [0.2, 0.25) is 5.91 Å². The van der Waals surface area contributed by atoms with E-state index in [4.69, 9.17) is 0 Å². The molecule has 1 saturated carbocycles. The van der Waals surface area contributed by atoms with Crippen LogP contribution in [-0.4, -0.2) is 15.9 Å². The summed E-state index contributed by atoms with van der Waals surface area (Å²) in [6.07, 6.45) is 6.93. The molecule has 0 bridgehead atoms. The van der Waals surface area contributed by atoms with Crippen LogP contribution in [0.2, 0.25) is 0 Å². The SMILES string of the molecule is CC1(C(=O)Nc2ncc(Br)nc2Br)CCCCC1. The third kappa shape index (κ3) is 3.09. The van der Waals surface area contributed by atoms with Gasteiger partial charge in [-0.1, -0.05) is 26.2 Å². The first-order chi connectivity index (χ1) is 8.51. The summed E-state index contributed by atoms with van der Waals surface area (Å²) in [7, 11) is 0. The molecular weight excluding hydrogens is 362 g/mol. The molecule has 1 heterocycles. The highest BCUT2D eigenvalue weighted by atomic mass is 79.9. The Morgan fingerprint density at radius 2 is 2.00 bits per heavy atom. The highest BCUT2D eigenvalue weighted by molar-refractivity contribution is 9.11. The lowest BCUT2D eigenvalue weighted by atomic mass is 9.75. The van der Waals surface area contributed by atoms with Crippen molar-refractivity contribution in [2.45, 2.75) is 39.0 Å². The molecule has 1 N–H and O–H groups in total. The number of hydrogen-bond acceptors (Lipinski definition) is 3. The maximum atomic E-state index is 12.3. The first-order valence-electron chi connectivity index (χ1n) is 6.01. The second kappa shape index (κ2) is 5.65. The van der Waals surface area contributed by atoms with Crippen molar-refractivity contribution in [3.8, 4) is 0 Å². The molecule has 1 aromatic heterocycles. The van der Waals surface area contributed by atoms with Gasteiger partial charge in [-0.05, 0) is 44.7 Å². The minimum Gasteiger partial charge on any atom is -0.308 e. The Kier molecular flexibility index (Phi) is 4.37. The normalized spacial score (nSPS) is 18.4. The van der Waals surface area contributed by atoms with Crippen molar-refractivity contribution < 1.29 is 4.79 Å². The number of nitrogens with zero attached hydrogens (tertiary/aromatic N) is 2. The molecular formula is C12H15Br2N3O. The van der Waals surface area contributed by atoms with E-state index in [1.807, 2.05) is 6.92 Å². The fourth-order valence-corrected chi connectivity index (χ4v) is 3.16. The van der Waals surface area contributed by atoms with Gasteiger partial charge in [-0.3, -0.25) is 4.79 Å². The van der Waals surface area contributed by atoms with E-state index in [0.29, 0.717) is 15.0 Å². The summed E-state index contributed by atoms with van der Waals surface area (Å²) in [5.74, 6) is 0.523. The predicted molar refractivity (Wildman–Crippen MR) is 77.3 cm³/mol. The van der Waals surface area contributed by atoms with Gasteiger partial charge < -0.3 is 5.32 Å². The first-order valence-corrected chi connectivity index (χ1v) is 7.59. The quantitative estimate of drug-likeness (QED) is 0.851. The van der Waals surface area contributed by atoms with Crippen LogP contribution in [0.15, 0.2) is 15.4 Å². The number of amides is 1. The molecule has 2 rings (SSSR count). The monoisotopic (exact) mass is 375 g/mol. The third-order valence-electron chi connectivity index (χ3n) is 3.44. The van der Waals surface area contributed by atoms with Gasteiger partial charge in [-0.2, -0.15) is 0 Å². The van der Waals surface area contributed by atoms with Gasteiger partial charge in [0.05, 0.1) is 6.20 Å². The number of rotatable bonds is 2. The van der Waals surface area contributed by atoms with Gasteiger partial charge in [0.1, 0.15) is 9.21 Å². The number of nitrogens with one attached hydrogen (secondary N) is 1. The van der Waals surface area contributed by atoms with E-state index in [-0.39, 0.29) is 11.3 Å². The van der Waals surface area contributed by atoms with Crippen molar-refractivity contribution in [3.05, 3.63) is 15.4 Å². The van der Waals surface area contributed by atoms with Gasteiger partial charge >= 0.3 is 0 Å². The van der Waals surface area contributed by atoms with Crippen LogP contribution in [0.5, 0.6) is 0 Å². The number of hydrogen-bond donors (Lipinski definition) is 1. The van der Waals surface area contributed by atoms with E-state index < -0.39 is 0 Å². The van der Waals surface area contributed by atoms with Gasteiger partial charge in [-0.15, -0.1) is 0 Å². The van der Waals surface area contributed by atoms with Crippen LogP contribution in [0.1, 0.15) is 39.0 Å². The van der Waals surface area contributed by atoms with Crippen LogP contribution in [0.25, 0.3) is 0 Å². The molecule has 0 spiro atoms. The summed E-state index contributed by atoms with van der Waals surface area (Å²) in [5, 5.41) is 2.87. The summed E-state index contributed by atoms with van der Waals surface area (Å²) in [4.78, 5) is 20.6. The highest BCUT2D eigenvalue weighted by Gasteiger charge is 2.34. The Morgan fingerprint density at radius 1 is 1.33 bits per heavy atom. The molecule has 18 heavy (non-hydrogen) atoms. The van der Waals surface area contributed by atoms with Crippen molar-refractivity contribution in [2.24, 2.45) is 5.41 Å². The fraction of sp³-hybridized carbons (Fsp3) is 0.583. The molecule has 1 aliphatic rings. The van der Waals surface area contributed by atoms with Gasteiger partial charge in [0, 0.05) is 5.41 Å². The zero-order valence-electron chi connectivity index (χ0n) is 10.2. The fourth-order valence-electron chi connectivity index (χ4n) is 2.25. The Labute approximate surface area is 123 Å². The summed E-state index contributed by atoms with van der Waals surface area (Å²) in [6.45, 7) is 2.03. The first kappa shape index (κ1) is 13.9. The van der Waals surface area contributed by atoms with Gasteiger partial charge in [-0.25, -0.2) is 9.97 Å². The average Bonchev–Trinajstić information content (AvgIpc) is 2.33. The number of carbonyl (C=O) groups is 1. The van der Waals surface area contributed by atoms with Crippen LogP contribution in [0.4, 0.5) is 5.82 Å². The van der Waals surface area contributed by atoms with E-state index in [2.05, 4.69) is 47.1 Å². The predicted octanol–water partition coefficient (Wildman–Crippen LogP) is 3.91. The molecule has 1 aliphatic carbocycles. The van der Waals surface area contributed by atoms with Crippen LogP contribution in [-0.2, 0) is 4.79 Å². The highest BCUT2D eigenvalue weighted by Crippen LogP contribution is 2.37. The Bertz CT molecular complexity index is 459. The standard InChI is InChI=1S/C12H15Br2N3O/c1-12(5-3-2-4-6-12)11(18)17-10-9(14)16-8(13)7-15-10/h7H,2-6H2,1H3,(H,15,17,18). The second-order valence-electron chi connectivity index (χ2n) is 4.91. The number of anilines is 1. The lowest BCUT2D eigenvalue weighted by molar-refractivity contribution is -0.126. The van der Waals surface area contributed by atoms with Gasteiger partial charge in [0.25, 0.3) is 0 Å². The largest absolute Gasteiger partial charge is 0.308 e. The molecule has 0 aromatic carbocycles. The summed E-state index contributed by atoms with van der Waals surface area (Å²) >= 11 is 6.53. The second-order valence-corrected chi connectivity index (χ2v) is 6.47. The number of halogens is 2. The summed E-state index contributed by atoms with van der Waals surface area (Å²) in [5.41, 5.74) is -0.271. The van der Waals surface area contributed by atoms with Crippen LogP contribution in [0.3, 0.4) is 0 Å². The average molecular weight is 377 g/mol. The molecule has 0 saturated heterocycles. The van der Waals surface area contributed by atoms with E-state index >= 15 is 0 Å². The molecule has 0 radical (unpaired) electrons. The maximum absolute atomic E-state index is 12.3. The molecule has 0 atom stereocenters. The third-order valence-corrected chi connectivity index (χ3v) is 4.37. The molecule has 0 aliphatic heterocycles. The van der Waals surface area contributed by atoms with E-state index in [0.717, 1.165) is 25.7 Å². The van der Waals surface area contributed by atoms with E-state index in [1.54, 1.807) is 6.20 Å². The zero-order valence-corrected chi connectivity index (χ0v) is 13.3. The molecule has 1 aromatic rings. The zero-order chi connectivity index (χ0) is 13.2. The Hall–Kier alpha value is -0.490. The molecule has 6 heteroatoms. The summed E-state index contributed by atoms with van der Waals surface area (Å²) in [6, 6.07) is 0. The molecule has 0 unspecified atom stereocenters. The van der Waals surface area contributed by atoms with Crippen molar-refractivity contribution in [3.63, 3.8) is 0 Å². The van der Waals surface area contributed by atoms with Crippen molar-refractivity contribution in [2.75, 3.05) is 5.32 Å². The lowest BCUT2D eigenvalue weighted by Gasteiger charge is -2.31. The number of aromatic nitrogens is 2. The van der Waals surface area contributed by atoms with Crippen molar-refractivity contribution >= 4 is 43.6 Å².